The highest BCUT2D eigenvalue weighted by Crippen LogP contribution is 2.28. The molecule has 0 fully saturated rings. The van der Waals surface area contributed by atoms with Gasteiger partial charge in [0.05, 0.1) is 17.8 Å². The van der Waals surface area contributed by atoms with Gasteiger partial charge in [0.2, 0.25) is 0 Å². The van der Waals surface area contributed by atoms with Gasteiger partial charge in [-0.2, -0.15) is 4.80 Å². The molecule has 0 bridgehead atoms. The van der Waals surface area contributed by atoms with E-state index in [4.69, 9.17) is 32.7 Å². The fourth-order valence-corrected chi connectivity index (χ4v) is 3.78. The largest absolute Gasteiger partial charge is 0.495 e. The first kappa shape index (κ1) is 22.9. The van der Waals surface area contributed by atoms with Crippen LogP contribution in [0.3, 0.4) is 0 Å². The van der Waals surface area contributed by atoms with Crippen LogP contribution in [0.1, 0.15) is 16.7 Å². The predicted octanol–water partition coefficient (Wildman–Crippen LogP) is 5.68. The van der Waals surface area contributed by atoms with Crippen molar-refractivity contribution >= 4 is 45.8 Å². The number of ether oxygens (including phenoxy) is 2. The predicted molar refractivity (Wildman–Crippen MR) is 130 cm³/mol. The van der Waals surface area contributed by atoms with Crippen molar-refractivity contribution < 1.29 is 14.3 Å². The van der Waals surface area contributed by atoms with Crippen LogP contribution in [0.15, 0.2) is 42.5 Å². The van der Waals surface area contributed by atoms with E-state index in [1.807, 2.05) is 45.0 Å². The maximum Gasteiger partial charge on any atom is 0.262 e. The molecule has 0 aliphatic rings. The highest BCUT2D eigenvalue weighted by molar-refractivity contribution is 6.32. The fourth-order valence-electron chi connectivity index (χ4n) is 3.42. The average molecular weight is 485 g/mol. The SMILES string of the molecule is COc1ccc(-n2nc3cc(C)c(NC(=O)COc4cc(C)c(Cl)c(C)c4)cc3n2)cc1Cl. The number of aromatic nitrogens is 3. The van der Waals surface area contributed by atoms with Crippen LogP contribution in [0.5, 0.6) is 11.5 Å². The van der Waals surface area contributed by atoms with Crippen LogP contribution in [0.25, 0.3) is 16.7 Å². The number of hydrogen-bond acceptors (Lipinski definition) is 5. The Balaban J connectivity index is 1.50. The van der Waals surface area contributed by atoms with E-state index in [1.54, 1.807) is 25.3 Å². The third-order valence-corrected chi connectivity index (χ3v) is 6.04. The van der Waals surface area contributed by atoms with E-state index in [1.165, 1.54) is 4.80 Å². The van der Waals surface area contributed by atoms with Crippen molar-refractivity contribution in [3.05, 3.63) is 69.2 Å². The Hall–Kier alpha value is -3.29. The molecule has 0 aliphatic carbocycles. The van der Waals surface area contributed by atoms with Crippen LogP contribution >= 0.6 is 23.2 Å². The van der Waals surface area contributed by atoms with E-state index in [0.717, 1.165) is 16.7 Å². The zero-order valence-electron chi connectivity index (χ0n) is 18.6. The van der Waals surface area contributed by atoms with Gasteiger partial charge in [0.1, 0.15) is 22.5 Å². The van der Waals surface area contributed by atoms with E-state index < -0.39 is 0 Å². The molecule has 4 rings (SSSR count). The van der Waals surface area contributed by atoms with Gasteiger partial charge in [0.15, 0.2) is 6.61 Å². The summed E-state index contributed by atoms with van der Waals surface area (Å²) in [4.78, 5) is 14.0. The first-order valence-electron chi connectivity index (χ1n) is 10.2. The number of benzene rings is 3. The normalized spacial score (nSPS) is 11.0. The molecule has 0 radical (unpaired) electrons. The van der Waals surface area contributed by atoms with Gasteiger partial charge in [-0.15, -0.1) is 10.2 Å². The molecule has 33 heavy (non-hydrogen) atoms. The fraction of sp³-hybridized carbons (Fsp3) is 0.208. The van der Waals surface area contributed by atoms with Gasteiger partial charge in [-0.1, -0.05) is 23.2 Å². The van der Waals surface area contributed by atoms with Crippen LogP contribution in [0, 0.1) is 20.8 Å². The zero-order chi connectivity index (χ0) is 23.7. The van der Waals surface area contributed by atoms with Crippen LogP contribution in [-0.2, 0) is 4.79 Å². The van der Waals surface area contributed by atoms with Gasteiger partial charge in [-0.25, -0.2) is 0 Å². The minimum atomic E-state index is -0.281. The van der Waals surface area contributed by atoms with Crippen molar-refractivity contribution in [2.75, 3.05) is 19.0 Å². The second-order valence-corrected chi connectivity index (χ2v) is 8.46. The van der Waals surface area contributed by atoms with E-state index >= 15 is 0 Å². The van der Waals surface area contributed by atoms with Crippen molar-refractivity contribution in [3.63, 3.8) is 0 Å². The van der Waals surface area contributed by atoms with Crippen molar-refractivity contribution in [3.8, 4) is 17.2 Å². The number of anilines is 1. The molecule has 1 aromatic heterocycles. The topological polar surface area (TPSA) is 78.3 Å². The van der Waals surface area contributed by atoms with Gasteiger partial charge in [0, 0.05) is 10.7 Å². The summed E-state index contributed by atoms with van der Waals surface area (Å²) in [6.07, 6.45) is 0. The number of halogens is 2. The van der Waals surface area contributed by atoms with Crippen molar-refractivity contribution in [2.45, 2.75) is 20.8 Å². The molecule has 1 heterocycles. The summed E-state index contributed by atoms with van der Waals surface area (Å²) in [5, 5.41) is 13.1. The Bertz CT molecular complexity index is 1340. The summed E-state index contributed by atoms with van der Waals surface area (Å²) in [7, 11) is 1.56. The smallest absolute Gasteiger partial charge is 0.262 e. The van der Waals surface area contributed by atoms with E-state index in [2.05, 4.69) is 15.5 Å². The first-order valence-corrected chi connectivity index (χ1v) is 10.9. The molecule has 0 spiro atoms. The molecule has 1 amide bonds. The number of carbonyl (C=O) groups excluding carboxylic acids is 1. The molecule has 0 unspecified atom stereocenters. The summed E-state index contributed by atoms with van der Waals surface area (Å²) in [6.45, 7) is 5.56. The zero-order valence-corrected chi connectivity index (χ0v) is 20.1. The lowest BCUT2D eigenvalue weighted by Gasteiger charge is -2.11. The highest BCUT2D eigenvalue weighted by atomic mass is 35.5. The second-order valence-electron chi connectivity index (χ2n) is 7.67. The monoisotopic (exact) mass is 484 g/mol. The van der Waals surface area contributed by atoms with E-state index in [0.29, 0.717) is 44.0 Å². The van der Waals surface area contributed by atoms with Crippen molar-refractivity contribution in [2.24, 2.45) is 0 Å². The minimum Gasteiger partial charge on any atom is -0.495 e. The molecule has 1 N–H and O–H groups in total. The quantitative estimate of drug-likeness (QED) is 0.380. The highest BCUT2D eigenvalue weighted by Gasteiger charge is 2.13. The summed E-state index contributed by atoms with van der Waals surface area (Å²) in [6, 6.07) is 12.6. The number of amides is 1. The number of methoxy groups -OCH3 is 1. The van der Waals surface area contributed by atoms with Crippen LogP contribution < -0.4 is 14.8 Å². The van der Waals surface area contributed by atoms with E-state index in [9.17, 15) is 4.79 Å². The number of nitrogens with one attached hydrogen (secondary N) is 1. The molecule has 7 nitrogen and oxygen atoms in total. The Labute approximate surface area is 201 Å². The van der Waals surface area contributed by atoms with Crippen LogP contribution in [-0.4, -0.2) is 34.6 Å². The standard InChI is InChI=1S/C24H22Cl2N4O3/c1-13-9-20-21(29-30(28-20)16-5-6-22(32-4)18(25)10-16)11-19(13)27-23(31)12-33-17-7-14(2)24(26)15(3)8-17/h5-11H,12H2,1-4H3,(H,27,31). The van der Waals surface area contributed by atoms with Crippen molar-refractivity contribution in [1.82, 2.24) is 15.0 Å². The van der Waals surface area contributed by atoms with Gasteiger partial charge in [-0.05, 0) is 79.9 Å². The number of hydrogen-bond donors (Lipinski definition) is 1. The molecule has 0 saturated carbocycles. The molecular weight excluding hydrogens is 463 g/mol. The van der Waals surface area contributed by atoms with Crippen molar-refractivity contribution in [1.29, 1.82) is 0 Å². The Morgan fingerprint density at radius 3 is 2.27 bits per heavy atom. The number of carbonyl (C=O) groups is 1. The number of fused-ring (bicyclic) bond motifs is 1. The van der Waals surface area contributed by atoms with Gasteiger partial charge in [-0.3, -0.25) is 4.79 Å². The molecule has 0 atom stereocenters. The summed E-state index contributed by atoms with van der Waals surface area (Å²) < 4.78 is 10.8. The third-order valence-electron chi connectivity index (χ3n) is 5.15. The van der Waals surface area contributed by atoms with Crippen LogP contribution in [0.2, 0.25) is 10.0 Å². The molecular formula is C24H22Cl2N4O3. The van der Waals surface area contributed by atoms with Gasteiger partial charge in [0.25, 0.3) is 5.91 Å². The Morgan fingerprint density at radius 2 is 1.64 bits per heavy atom. The summed E-state index contributed by atoms with van der Waals surface area (Å²) >= 11 is 12.4. The maximum atomic E-state index is 12.5. The molecule has 170 valence electrons. The van der Waals surface area contributed by atoms with Gasteiger partial charge < -0.3 is 14.8 Å². The second kappa shape index (κ2) is 9.29. The Kier molecular flexibility index (Phi) is 6.44. The summed E-state index contributed by atoms with van der Waals surface area (Å²) in [5.41, 5.74) is 5.31. The van der Waals surface area contributed by atoms with Crippen LogP contribution in [0.4, 0.5) is 5.69 Å². The lowest BCUT2D eigenvalue weighted by Crippen LogP contribution is -2.20. The van der Waals surface area contributed by atoms with E-state index in [-0.39, 0.29) is 12.5 Å². The molecule has 0 saturated heterocycles. The molecule has 3 aromatic carbocycles. The number of aryl methyl sites for hydroxylation is 3. The maximum absolute atomic E-state index is 12.5. The third kappa shape index (κ3) is 4.89. The number of nitrogens with zero attached hydrogens (tertiary/aromatic N) is 3. The lowest BCUT2D eigenvalue weighted by atomic mass is 10.1. The molecule has 4 aromatic rings. The summed E-state index contributed by atoms with van der Waals surface area (Å²) in [5.74, 6) is 0.888. The number of rotatable bonds is 6. The molecule has 0 aliphatic heterocycles. The minimum absolute atomic E-state index is 0.130. The van der Waals surface area contributed by atoms with Gasteiger partial charge >= 0.3 is 0 Å². The lowest BCUT2D eigenvalue weighted by molar-refractivity contribution is -0.118. The Morgan fingerprint density at radius 1 is 0.970 bits per heavy atom. The molecule has 9 heteroatoms. The average Bonchev–Trinajstić information content (AvgIpc) is 3.18. The first-order chi connectivity index (χ1) is 15.7.